The Morgan fingerprint density at radius 2 is 1.53 bits per heavy atom. The Morgan fingerprint density at radius 3 is 2.06 bits per heavy atom. The van der Waals surface area contributed by atoms with Crippen molar-refractivity contribution in [2.75, 3.05) is 0 Å². The fourth-order valence-corrected chi connectivity index (χ4v) is 1.47. The molecule has 2 heterocycles. The minimum absolute atomic E-state index is 0. The van der Waals surface area contributed by atoms with Crippen LogP contribution in [0.1, 0.15) is 0 Å². The second kappa shape index (κ2) is 7.06. The van der Waals surface area contributed by atoms with Gasteiger partial charge >= 0.3 is 5.69 Å². The number of fused-ring (bicyclic) bond motifs is 1. The summed E-state index contributed by atoms with van der Waals surface area (Å²) in [5.41, 5.74) is 0.180. The van der Waals surface area contributed by atoms with Crippen molar-refractivity contribution in [2.24, 2.45) is 21.1 Å². The minimum Gasteiger partial charge on any atom is -1.00 e. The number of imidazole rings is 1. The summed E-state index contributed by atoms with van der Waals surface area (Å²) in [5, 5.41) is 0. The first-order chi connectivity index (χ1) is 6.54. The highest BCUT2D eigenvalue weighted by atomic mass is 127. The van der Waals surface area contributed by atoms with Gasteiger partial charge in [0.2, 0.25) is 0 Å². The Kier molecular flexibility index (Phi) is 8.17. The van der Waals surface area contributed by atoms with Crippen molar-refractivity contribution in [2.45, 2.75) is 0 Å². The van der Waals surface area contributed by atoms with Gasteiger partial charge in [-0.05, 0) is 0 Å². The molecule has 0 bridgehead atoms. The van der Waals surface area contributed by atoms with Gasteiger partial charge in [0.1, 0.15) is 0 Å². The molecule has 2 aromatic rings. The molecule has 17 heavy (non-hydrogen) atoms. The van der Waals surface area contributed by atoms with Gasteiger partial charge in [0, 0.05) is 21.1 Å². The molecule has 0 aromatic carbocycles. The SMILES string of the molecule is Cn1c(=O)c2c(ncn2C)n(C)c1=O.[I-].[I-].[I-]. The first kappa shape index (κ1) is 19.7. The summed E-state index contributed by atoms with van der Waals surface area (Å²) in [6.45, 7) is 0. The van der Waals surface area contributed by atoms with E-state index >= 15 is 0 Å². The third-order valence-corrected chi connectivity index (χ3v) is 2.32. The first-order valence-electron chi connectivity index (χ1n) is 4.11. The fourth-order valence-electron chi connectivity index (χ4n) is 1.47. The molecule has 0 aliphatic heterocycles. The van der Waals surface area contributed by atoms with Crippen molar-refractivity contribution in [3.8, 4) is 0 Å². The van der Waals surface area contributed by atoms with Crippen LogP contribution in [0.2, 0.25) is 0 Å². The largest absolute Gasteiger partial charge is 1.00 e. The number of aryl methyl sites for hydroxylation is 2. The number of hydrogen-bond donors (Lipinski definition) is 0. The van der Waals surface area contributed by atoms with Gasteiger partial charge in [0.15, 0.2) is 11.2 Å². The van der Waals surface area contributed by atoms with E-state index in [1.54, 1.807) is 18.7 Å². The average Bonchev–Trinajstić information content (AvgIpc) is 2.54. The maximum atomic E-state index is 11.7. The molecule has 6 nitrogen and oxygen atoms in total. The summed E-state index contributed by atoms with van der Waals surface area (Å²) in [6.07, 6.45) is 1.52. The smallest absolute Gasteiger partial charge is 0.332 e. The van der Waals surface area contributed by atoms with Gasteiger partial charge in [-0.2, -0.15) is 0 Å². The van der Waals surface area contributed by atoms with E-state index in [1.807, 2.05) is 0 Å². The third kappa shape index (κ3) is 3.02. The van der Waals surface area contributed by atoms with Crippen LogP contribution in [0.5, 0.6) is 0 Å². The van der Waals surface area contributed by atoms with E-state index in [9.17, 15) is 9.59 Å². The molecule has 2 rings (SSSR count). The van der Waals surface area contributed by atoms with E-state index in [4.69, 9.17) is 0 Å². The normalized spacial score (nSPS) is 9.12. The summed E-state index contributed by atoms with van der Waals surface area (Å²) < 4.78 is 4.04. The summed E-state index contributed by atoms with van der Waals surface area (Å²) >= 11 is 0. The molecular formula is C8H10I3N4O2-3. The molecule has 0 saturated heterocycles. The highest BCUT2D eigenvalue weighted by molar-refractivity contribution is 5.69. The van der Waals surface area contributed by atoms with E-state index in [2.05, 4.69) is 4.98 Å². The predicted octanol–water partition coefficient (Wildman–Crippen LogP) is -10.0. The Morgan fingerprint density at radius 1 is 1.00 bits per heavy atom. The highest BCUT2D eigenvalue weighted by Crippen LogP contribution is 2.01. The lowest BCUT2D eigenvalue weighted by Crippen LogP contribution is -3.00. The number of rotatable bonds is 0. The van der Waals surface area contributed by atoms with Crippen molar-refractivity contribution in [3.05, 3.63) is 27.2 Å². The van der Waals surface area contributed by atoms with Crippen LogP contribution in [-0.4, -0.2) is 18.7 Å². The maximum absolute atomic E-state index is 11.7. The van der Waals surface area contributed by atoms with Gasteiger partial charge in [-0.3, -0.25) is 13.9 Å². The zero-order chi connectivity index (χ0) is 10.5. The Labute approximate surface area is 148 Å². The molecule has 0 aliphatic carbocycles. The van der Waals surface area contributed by atoms with E-state index in [0.717, 1.165) is 4.57 Å². The Bertz CT molecular complexity index is 628. The van der Waals surface area contributed by atoms with Crippen molar-refractivity contribution >= 4 is 11.2 Å². The summed E-state index contributed by atoms with van der Waals surface area (Å²) in [5.74, 6) is 0. The van der Waals surface area contributed by atoms with Crippen LogP contribution in [0.15, 0.2) is 15.9 Å². The molecular weight excluding hydrogens is 565 g/mol. The maximum Gasteiger partial charge on any atom is 0.332 e. The molecule has 9 heteroatoms. The molecule has 0 amide bonds. The Balaban J connectivity index is 0. The summed E-state index contributed by atoms with van der Waals surface area (Å²) in [4.78, 5) is 27.2. The number of nitrogens with zero attached hydrogens (tertiary/aromatic N) is 4. The van der Waals surface area contributed by atoms with Gasteiger partial charge in [-0.1, -0.05) is 0 Å². The van der Waals surface area contributed by atoms with E-state index in [1.165, 1.54) is 17.9 Å². The van der Waals surface area contributed by atoms with Crippen molar-refractivity contribution in [1.29, 1.82) is 0 Å². The lowest BCUT2D eigenvalue weighted by molar-refractivity contribution is -0.00100. The standard InChI is InChI=1S/C8H10N4O2.3HI/c1-10-4-9-6-5(10)7(13)12(3)8(14)11(6)2;;;/h4H,1-3H3;3*1H/p-3. The molecule has 0 atom stereocenters. The topological polar surface area (TPSA) is 61.8 Å². The lowest BCUT2D eigenvalue weighted by atomic mass is 10.5. The summed E-state index contributed by atoms with van der Waals surface area (Å²) in [6, 6.07) is 0. The van der Waals surface area contributed by atoms with E-state index < -0.39 is 0 Å². The van der Waals surface area contributed by atoms with Gasteiger partial charge in [-0.15, -0.1) is 0 Å². The zero-order valence-corrected chi connectivity index (χ0v) is 15.8. The van der Waals surface area contributed by atoms with Gasteiger partial charge in [0.25, 0.3) is 5.56 Å². The molecule has 98 valence electrons. The molecule has 0 unspecified atom stereocenters. The highest BCUT2D eigenvalue weighted by Gasteiger charge is 2.11. The number of halogens is 3. The minimum atomic E-state index is -0.360. The van der Waals surface area contributed by atoms with E-state index in [0.29, 0.717) is 11.2 Å². The van der Waals surface area contributed by atoms with Crippen LogP contribution in [0.4, 0.5) is 0 Å². The zero-order valence-electron chi connectivity index (χ0n) is 9.32. The van der Waals surface area contributed by atoms with Gasteiger partial charge < -0.3 is 76.5 Å². The van der Waals surface area contributed by atoms with Crippen LogP contribution in [-0.2, 0) is 21.1 Å². The second-order valence-corrected chi connectivity index (χ2v) is 3.23. The summed E-state index contributed by atoms with van der Waals surface area (Å²) in [7, 11) is 4.77. The van der Waals surface area contributed by atoms with Crippen molar-refractivity contribution < 1.29 is 71.9 Å². The second-order valence-electron chi connectivity index (χ2n) is 3.23. The molecule has 0 fully saturated rings. The number of aromatic nitrogens is 4. The van der Waals surface area contributed by atoms with Crippen molar-refractivity contribution in [1.82, 2.24) is 18.7 Å². The van der Waals surface area contributed by atoms with Crippen molar-refractivity contribution in [3.63, 3.8) is 0 Å². The average molecular weight is 575 g/mol. The monoisotopic (exact) mass is 575 g/mol. The number of hydrogen-bond acceptors (Lipinski definition) is 3. The molecule has 0 radical (unpaired) electrons. The lowest BCUT2D eigenvalue weighted by Gasteiger charge is -2.02. The van der Waals surface area contributed by atoms with Crippen LogP contribution in [0, 0.1) is 0 Å². The van der Waals surface area contributed by atoms with E-state index in [-0.39, 0.29) is 83.2 Å². The predicted molar refractivity (Wildman–Crippen MR) is 51.2 cm³/mol. The van der Waals surface area contributed by atoms with Crippen LogP contribution in [0.3, 0.4) is 0 Å². The van der Waals surface area contributed by atoms with Crippen LogP contribution >= 0.6 is 0 Å². The fraction of sp³-hybridized carbons (Fsp3) is 0.375. The Hall–Kier alpha value is 0.340. The van der Waals surface area contributed by atoms with Gasteiger partial charge in [-0.25, -0.2) is 9.78 Å². The van der Waals surface area contributed by atoms with Crippen LogP contribution < -0.4 is 83.2 Å². The molecule has 0 saturated carbocycles. The molecule has 2 aromatic heterocycles. The molecule has 0 N–H and O–H groups in total. The van der Waals surface area contributed by atoms with Gasteiger partial charge in [0.05, 0.1) is 6.33 Å². The molecule has 0 aliphatic rings. The quantitative estimate of drug-likeness (QED) is 0.294. The molecule has 0 spiro atoms. The van der Waals surface area contributed by atoms with Crippen LogP contribution in [0.25, 0.3) is 11.2 Å². The first-order valence-corrected chi connectivity index (χ1v) is 4.11. The third-order valence-electron chi connectivity index (χ3n) is 2.32.